The Morgan fingerprint density at radius 1 is 1.48 bits per heavy atom. The van der Waals surface area contributed by atoms with Gasteiger partial charge in [0.15, 0.2) is 0 Å². The van der Waals surface area contributed by atoms with Crippen molar-refractivity contribution in [3.63, 3.8) is 0 Å². The summed E-state index contributed by atoms with van der Waals surface area (Å²) in [7, 11) is 0. The minimum atomic E-state index is -0.0200. The summed E-state index contributed by atoms with van der Waals surface area (Å²) < 4.78 is 1.14. The number of hydrogen-bond donors (Lipinski definition) is 2. The maximum absolute atomic E-state index is 9.89. The van der Waals surface area contributed by atoms with Crippen LogP contribution in [0.1, 0.15) is 39.0 Å². The number of hydrogen-bond acceptors (Lipinski definition) is 3. The number of aliphatic hydroxyl groups is 1. The minimum absolute atomic E-state index is 0.0200. The third kappa shape index (κ3) is 4.72. The SMILES string of the molecule is CCCNC1(CO)CCCC1CCSc1cccc(Br)c1. The van der Waals surface area contributed by atoms with Crippen LogP contribution in [-0.4, -0.2) is 29.5 Å². The van der Waals surface area contributed by atoms with Gasteiger partial charge in [0, 0.05) is 14.9 Å². The number of halogens is 1. The summed E-state index contributed by atoms with van der Waals surface area (Å²) in [5, 5.41) is 13.5. The Bertz CT molecular complexity index is 443. The summed E-state index contributed by atoms with van der Waals surface area (Å²) >= 11 is 5.44. The number of rotatable bonds is 8. The molecule has 2 atom stereocenters. The van der Waals surface area contributed by atoms with E-state index >= 15 is 0 Å². The summed E-state index contributed by atoms with van der Waals surface area (Å²) in [4.78, 5) is 1.32. The van der Waals surface area contributed by atoms with Crippen molar-refractivity contribution in [1.82, 2.24) is 5.32 Å². The largest absolute Gasteiger partial charge is 0.394 e. The molecule has 0 heterocycles. The second kappa shape index (κ2) is 8.56. The van der Waals surface area contributed by atoms with Crippen LogP contribution in [0.4, 0.5) is 0 Å². The van der Waals surface area contributed by atoms with Crippen LogP contribution in [0.15, 0.2) is 33.6 Å². The Hall–Kier alpha value is -0.0300. The standard InChI is InChI=1S/C17H26BrNOS/c1-2-10-19-17(13-20)9-4-5-14(17)8-11-21-16-7-3-6-15(18)12-16/h3,6-7,12,14,19-20H,2,4-5,8-11,13H2,1H3. The Morgan fingerprint density at radius 3 is 3.05 bits per heavy atom. The van der Waals surface area contributed by atoms with Crippen LogP contribution in [0, 0.1) is 5.92 Å². The van der Waals surface area contributed by atoms with E-state index in [4.69, 9.17) is 0 Å². The Labute approximate surface area is 141 Å². The van der Waals surface area contributed by atoms with Crippen LogP contribution in [-0.2, 0) is 0 Å². The van der Waals surface area contributed by atoms with Gasteiger partial charge in [-0.25, -0.2) is 0 Å². The molecule has 0 bridgehead atoms. The molecule has 1 aliphatic carbocycles. The molecule has 2 N–H and O–H groups in total. The highest BCUT2D eigenvalue weighted by Crippen LogP contribution is 2.39. The van der Waals surface area contributed by atoms with Gasteiger partial charge in [-0.05, 0) is 62.1 Å². The Kier molecular flexibility index (Phi) is 7.06. The van der Waals surface area contributed by atoms with Crippen molar-refractivity contribution in [2.45, 2.75) is 49.5 Å². The van der Waals surface area contributed by atoms with Gasteiger partial charge in [-0.15, -0.1) is 11.8 Å². The summed E-state index contributed by atoms with van der Waals surface area (Å²) in [6.45, 7) is 3.47. The molecule has 2 nitrogen and oxygen atoms in total. The molecule has 4 heteroatoms. The van der Waals surface area contributed by atoms with E-state index in [-0.39, 0.29) is 12.1 Å². The van der Waals surface area contributed by atoms with Crippen molar-refractivity contribution in [2.24, 2.45) is 5.92 Å². The van der Waals surface area contributed by atoms with Gasteiger partial charge in [-0.2, -0.15) is 0 Å². The third-order valence-corrected chi connectivity index (χ3v) is 6.02. The molecular formula is C17H26BrNOS. The predicted molar refractivity (Wildman–Crippen MR) is 94.9 cm³/mol. The molecule has 0 spiro atoms. The van der Waals surface area contributed by atoms with Gasteiger partial charge in [0.1, 0.15) is 0 Å². The topological polar surface area (TPSA) is 32.3 Å². The van der Waals surface area contributed by atoms with E-state index in [0.29, 0.717) is 5.92 Å². The molecule has 0 aliphatic heterocycles. The normalized spacial score (nSPS) is 25.4. The Balaban J connectivity index is 1.86. The molecule has 0 radical (unpaired) electrons. The predicted octanol–water partition coefficient (Wildman–Crippen LogP) is 4.46. The average Bonchev–Trinajstić information content (AvgIpc) is 2.89. The van der Waals surface area contributed by atoms with Crippen LogP contribution >= 0.6 is 27.7 Å². The van der Waals surface area contributed by atoms with E-state index in [9.17, 15) is 5.11 Å². The maximum atomic E-state index is 9.89. The number of aliphatic hydroxyl groups excluding tert-OH is 1. The van der Waals surface area contributed by atoms with E-state index < -0.39 is 0 Å². The smallest absolute Gasteiger partial charge is 0.0616 e. The lowest BCUT2D eigenvalue weighted by molar-refractivity contribution is 0.122. The summed E-state index contributed by atoms with van der Waals surface area (Å²) in [6, 6.07) is 8.49. The van der Waals surface area contributed by atoms with Crippen molar-refractivity contribution in [3.8, 4) is 0 Å². The first-order valence-electron chi connectivity index (χ1n) is 7.94. The second-order valence-electron chi connectivity index (χ2n) is 5.92. The van der Waals surface area contributed by atoms with Crippen molar-refractivity contribution in [3.05, 3.63) is 28.7 Å². The quantitative estimate of drug-likeness (QED) is 0.661. The molecular weight excluding hydrogens is 346 g/mol. The maximum Gasteiger partial charge on any atom is 0.0616 e. The van der Waals surface area contributed by atoms with Crippen LogP contribution < -0.4 is 5.32 Å². The zero-order chi connectivity index (χ0) is 15.1. The highest BCUT2D eigenvalue weighted by Gasteiger charge is 2.41. The fourth-order valence-electron chi connectivity index (χ4n) is 3.31. The first kappa shape index (κ1) is 17.3. The van der Waals surface area contributed by atoms with E-state index in [2.05, 4.69) is 52.4 Å². The Morgan fingerprint density at radius 2 is 2.33 bits per heavy atom. The van der Waals surface area contributed by atoms with E-state index in [0.717, 1.165) is 29.6 Å². The molecule has 0 aromatic heterocycles. The van der Waals surface area contributed by atoms with Crippen molar-refractivity contribution in [1.29, 1.82) is 0 Å². The monoisotopic (exact) mass is 371 g/mol. The van der Waals surface area contributed by atoms with Gasteiger partial charge in [0.2, 0.25) is 0 Å². The van der Waals surface area contributed by atoms with E-state index in [1.807, 2.05) is 11.8 Å². The van der Waals surface area contributed by atoms with Crippen LogP contribution in [0.3, 0.4) is 0 Å². The summed E-state index contributed by atoms with van der Waals surface area (Å²) in [5.41, 5.74) is -0.0200. The molecule has 1 aromatic rings. The summed E-state index contributed by atoms with van der Waals surface area (Å²) in [6.07, 6.45) is 5.91. The lowest BCUT2D eigenvalue weighted by atomic mass is 9.85. The van der Waals surface area contributed by atoms with Crippen LogP contribution in [0.25, 0.3) is 0 Å². The molecule has 1 saturated carbocycles. The molecule has 2 rings (SSSR count). The molecule has 2 unspecified atom stereocenters. The first-order valence-corrected chi connectivity index (χ1v) is 9.72. The van der Waals surface area contributed by atoms with E-state index in [1.54, 1.807) is 0 Å². The summed E-state index contributed by atoms with van der Waals surface area (Å²) in [5.74, 6) is 1.73. The molecule has 0 saturated heterocycles. The lowest BCUT2D eigenvalue weighted by Gasteiger charge is -2.35. The second-order valence-corrected chi connectivity index (χ2v) is 8.01. The highest BCUT2D eigenvalue weighted by atomic mass is 79.9. The molecule has 1 fully saturated rings. The fourth-order valence-corrected chi connectivity index (χ4v) is 4.89. The van der Waals surface area contributed by atoms with Crippen molar-refractivity contribution < 1.29 is 5.11 Å². The first-order chi connectivity index (χ1) is 10.2. The van der Waals surface area contributed by atoms with Gasteiger partial charge < -0.3 is 10.4 Å². The van der Waals surface area contributed by atoms with Crippen LogP contribution in [0.2, 0.25) is 0 Å². The molecule has 0 amide bonds. The zero-order valence-electron chi connectivity index (χ0n) is 12.8. The lowest BCUT2D eigenvalue weighted by Crippen LogP contribution is -2.51. The van der Waals surface area contributed by atoms with Gasteiger partial charge >= 0.3 is 0 Å². The van der Waals surface area contributed by atoms with Gasteiger partial charge in [0.25, 0.3) is 0 Å². The van der Waals surface area contributed by atoms with Gasteiger partial charge in [-0.1, -0.05) is 35.3 Å². The zero-order valence-corrected chi connectivity index (χ0v) is 15.2. The van der Waals surface area contributed by atoms with Crippen LogP contribution in [0.5, 0.6) is 0 Å². The highest BCUT2D eigenvalue weighted by molar-refractivity contribution is 9.10. The molecule has 1 aliphatic rings. The fraction of sp³-hybridized carbons (Fsp3) is 0.647. The number of benzene rings is 1. The average molecular weight is 372 g/mol. The third-order valence-electron chi connectivity index (χ3n) is 4.50. The minimum Gasteiger partial charge on any atom is -0.394 e. The van der Waals surface area contributed by atoms with Crippen molar-refractivity contribution >= 4 is 27.7 Å². The molecule has 1 aromatic carbocycles. The number of nitrogens with one attached hydrogen (secondary N) is 1. The van der Waals surface area contributed by atoms with Gasteiger partial charge in [0.05, 0.1) is 6.61 Å². The van der Waals surface area contributed by atoms with E-state index in [1.165, 1.54) is 24.2 Å². The van der Waals surface area contributed by atoms with Gasteiger partial charge in [-0.3, -0.25) is 0 Å². The van der Waals surface area contributed by atoms with Crippen molar-refractivity contribution in [2.75, 3.05) is 18.9 Å². The molecule has 118 valence electrons. The number of thioether (sulfide) groups is 1. The molecule has 21 heavy (non-hydrogen) atoms.